The van der Waals surface area contributed by atoms with Crippen molar-refractivity contribution in [2.45, 2.75) is 38.3 Å². The molecule has 2 rings (SSSR count). The lowest BCUT2D eigenvalue weighted by Crippen LogP contribution is -2.42. The second kappa shape index (κ2) is 6.15. The maximum Gasteiger partial charge on any atom is 0.0933 e. The lowest BCUT2D eigenvalue weighted by atomic mass is 9.94. The van der Waals surface area contributed by atoms with E-state index >= 15 is 0 Å². The van der Waals surface area contributed by atoms with Crippen molar-refractivity contribution in [3.8, 4) is 0 Å². The van der Waals surface area contributed by atoms with Gasteiger partial charge in [0.25, 0.3) is 0 Å². The molecule has 0 aromatic heterocycles. The maximum absolute atomic E-state index is 5.61. The summed E-state index contributed by atoms with van der Waals surface area (Å²) in [5.41, 5.74) is 4.44. The van der Waals surface area contributed by atoms with E-state index in [4.69, 9.17) is 9.57 Å². The highest BCUT2D eigenvalue weighted by atomic mass is 16.6. The number of hydroxylamine groups is 1. The lowest BCUT2D eigenvalue weighted by molar-refractivity contribution is -0.0353. The minimum absolute atomic E-state index is 0.0469. The van der Waals surface area contributed by atoms with Gasteiger partial charge in [0.1, 0.15) is 0 Å². The van der Waals surface area contributed by atoms with E-state index in [9.17, 15) is 0 Å². The van der Waals surface area contributed by atoms with Gasteiger partial charge in [-0.25, -0.2) is 0 Å². The Bertz CT molecular complexity index is 318. The molecule has 1 unspecified atom stereocenters. The molecule has 1 saturated heterocycles. The summed E-state index contributed by atoms with van der Waals surface area (Å²) in [5, 5.41) is 0. The Kier molecular flexibility index (Phi) is 4.54. The number of ether oxygens (including phenoxy) is 1. The Morgan fingerprint density at radius 3 is 2.88 bits per heavy atom. The molecule has 3 heteroatoms. The van der Waals surface area contributed by atoms with Crippen molar-refractivity contribution >= 4 is 0 Å². The minimum Gasteiger partial charge on any atom is -0.381 e. The molecule has 0 saturated carbocycles. The van der Waals surface area contributed by atoms with Gasteiger partial charge in [0.2, 0.25) is 0 Å². The minimum atomic E-state index is 0.0469. The van der Waals surface area contributed by atoms with Crippen LogP contribution in [0.1, 0.15) is 31.7 Å². The first kappa shape index (κ1) is 12.6. The molecule has 1 heterocycles. The molecule has 0 amide bonds. The molecule has 1 aromatic rings. The van der Waals surface area contributed by atoms with Gasteiger partial charge in [-0.1, -0.05) is 30.3 Å². The summed E-state index contributed by atoms with van der Waals surface area (Å²) in [6.45, 7) is 4.50. The quantitative estimate of drug-likeness (QED) is 0.814. The van der Waals surface area contributed by atoms with Crippen LogP contribution < -0.4 is 5.48 Å². The number of benzene rings is 1. The average molecular weight is 235 g/mol. The summed E-state index contributed by atoms with van der Waals surface area (Å²) in [6, 6.07) is 10.2. The van der Waals surface area contributed by atoms with E-state index in [-0.39, 0.29) is 5.54 Å². The van der Waals surface area contributed by atoms with Crippen molar-refractivity contribution in [1.29, 1.82) is 0 Å². The van der Waals surface area contributed by atoms with Crippen LogP contribution in [0.5, 0.6) is 0 Å². The molecule has 1 aromatic carbocycles. The Labute approximate surface area is 103 Å². The molecule has 0 radical (unpaired) electrons. The van der Waals surface area contributed by atoms with Crippen LogP contribution in [0.15, 0.2) is 30.3 Å². The van der Waals surface area contributed by atoms with Crippen LogP contribution >= 0.6 is 0 Å². The zero-order valence-corrected chi connectivity index (χ0v) is 10.4. The van der Waals surface area contributed by atoms with Crippen LogP contribution in [0, 0.1) is 0 Å². The predicted molar refractivity (Wildman–Crippen MR) is 67.4 cm³/mol. The highest BCUT2D eigenvalue weighted by Crippen LogP contribution is 2.20. The van der Waals surface area contributed by atoms with Gasteiger partial charge in [-0.3, -0.25) is 4.84 Å². The summed E-state index contributed by atoms with van der Waals surface area (Å²) in [5.74, 6) is 0. The van der Waals surface area contributed by atoms with E-state index < -0.39 is 0 Å². The van der Waals surface area contributed by atoms with Crippen molar-refractivity contribution in [2.75, 3.05) is 13.2 Å². The molecule has 1 atom stereocenters. The van der Waals surface area contributed by atoms with Gasteiger partial charge in [-0.05, 0) is 31.7 Å². The van der Waals surface area contributed by atoms with Gasteiger partial charge in [-0.2, -0.15) is 5.48 Å². The number of hydrogen-bond acceptors (Lipinski definition) is 3. The van der Waals surface area contributed by atoms with E-state index in [1.807, 2.05) is 18.2 Å². The third-order valence-corrected chi connectivity index (χ3v) is 3.22. The first-order valence-electron chi connectivity index (χ1n) is 6.29. The first-order chi connectivity index (χ1) is 8.29. The molecule has 1 N–H and O–H groups in total. The lowest BCUT2D eigenvalue weighted by Gasteiger charge is -2.28. The van der Waals surface area contributed by atoms with E-state index in [2.05, 4.69) is 24.5 Å². The summed E-state index contributed by atoms with van der Waals surface area (Å²) < 4.78 is 5.46. The molecule has 1 fully saturated rings. The Balaban J connectivity index is 1.77. The Morgan fingerprint density at radius 2 is 2.06 bits per heavy atom. The van der Waals surface area contributed by atoms with Crippen LogP contribution in [0.4, 0.5) is 0 Å². The Morgan fingerprint density at radius 1 is 1.24 bits per heavy atom. The summed E-state index contributed by atoms with van der Waals surface area (Å²) in [7, 11) is 0. The fourth-order valence-electron chi connectivity index (χ4n) is 2.06. The molecule has 1 aliphatic rings. The number of hydrogen-bond donors (Lipinski definition) is 1. The highest BCUT2D eigenvalue weighted by Gasteiger charge is 2.25. The van der Waals surface area contributed by atoms with Gasteiger partial charge in [0, 0.05) is 18.8 Å². The van der Waals surface area contributed by atoms with Gasteiger partial charge in [0.05, 0.1) is 6.61 Å². The third kappa shape index (κ3) is 4.11. The number of nitrogens with one attached hydrogen (secondary N) is 1. The smallest absolute Gasteiger partial charge is 0.0933 e. The van der Waals surface area contributed by atoms with Gasteiger partial charge in [0.15, 0.2) is 0 Å². The van der Waals surface area contributed by atoms with Crippen LogP contribution in [-0.2, 0) is 16.2 Å². The van der Waals surface area contributed by atoms with E-state index in [1.54, 1.807) is 0 Å². The van der Waals surface area contributed by atoms with E-state index in [0.717, 1.165) is 32.5 Å². The largest absolute Gasteiger partial charge is 0.381 e. The highest BCUT2D eigenvalue weighted by molar-refractivity contribution is 5.13. The van der Waals surface area contributed by atoms with Crippen LogP contribution in [0.2, 0.25) is 0 Å². The molecular weight excluding hydrogens is 214 g/mol. The SMILES string of the molecule is CC1(NOCc2ccccc2)CCCOCC1. The van der Waals surface area contributed by atoms with Gasteiger partial charge in [-0.15, -0.1) is 0 Å². The zero-order chi connectivity index (χ0) is 12.0. The van der Waals surface area contributed by atoms with Crippen molar-refractivity contribution in [2.24, 2.45) is 0 Å². The summed E-state index contributed by atoms with van der Waals surface area (Å²) >= 11 is 0. The maximum atomic E-state index is 5.61. The predicted octanol–water partition coefficient (Wildman–Crippen LogP) is 2.67. The topological polar surface area (TPSA) is 30.5 Å². The van der Waals surface area contributed by atoms with Crippen molar-refractivity contribution in [3.63, 3.8) is 0 Å². The summed E-state index contributed by atoms with van der Waals surface area (Å²) in [6.07, 6.45) is 3.20. The first-order valence-corrected chi connectivity index (χ1v) is 6.29. The Hall–Kier alpha value is -0.900. The number of rotatable bonds is 4. The molecule has 94 valence electrons. The van der Waals surface area contributed by atoms with Crippen molar-refractivity contribution < 1.29 is 9.57 Å². The zero-order valence-electron chi connectivity index (χ0n) is 10.4. The van der Waals surface area contributed by atoms with Crippen molar-refractivity contribution in [3.05, 3.63) is 35.9 Å². The van der Waals surface area contributed by atoms with Crippen molar-refractivity contribution in [1.82, 2.24) is 5.48 Å². The van der Waals surface area contributed by atoms with E-state index in [1.165, 1.54) is 5.56 Å². The normalized spacial score (nSPS) is 25.5. The fraction of sp³-hybridized carbons (Fsp3) is 0.571. The second-order valence-electron chi connectivity index (χ2n) is 4.90. The van der Waals surface area contributed by atoms with Gasteiger partial charge < -0.3 is 4.74 Å². The molecule has 0 aliphatic carbocycles. The third-order valence-electron chi connectivity index (χ3n) is 3.22. The van der Waals surface area contributed by atoms with Crippen LogP contribution in [0.3, 0.4) is 0 Å². The molecule has 1 aliphatic heterocycles. The van der Waals surface area contributed by atoms with E-state index in [0.29, 0.717) is 6.61 Å². The monoisotopic (exact) mass is 235 g/mol. The fourth-order valence-corrected chi connectivity index (χ4v) is 2.06. The average Bonchev–Trinajstić information content (AvgIpc) is 2.56. The summed E-state index contributed by atoms with van der Waals surface area (Å²) in [4.78, 5) is 5.61. The molecule has 0 spiro atoms. The van der Waals surface area contributed by atoms with Crippen LogP contribution in [-0.4, -0.2) is 18.8 Å². The van der Waals surface area contributed by atoms with Crippen LogP contribution in [0.25, 0.3) is 0 Å². The molecule has 17 heavy (non-hydrogen) atoms. The molecular formula is C14H21NO2. The standard InChI is InChI=1S/C14H21NO2/c1-14(8-5-10-16-11-9-14)15-17-12-13-6-3-2-4-7-13/h2-4,6-7,15H,5,8-12H2,1H3. The molecule has 3 nitrogen and oxygen atoms in total. The van der Waals surface area contributed by atoms with Gasteiger partial charge >= 0.3 is 0 Å². The second-order valence-corrected chi connectivity index (χ2v) is 4.90. The molecule has 0 bridgehead atoms.